The highest BCUT2D eigenvalue weighted by molar-refractivity contribution is 5.74. The Hall–Kier alpha value is -2.80. The van der Waals surface area contributed by atoms with Gasteiger partial charge in [0.05, 0.1) is 26.4 Å². The molecule has 1 atom stereocenters. The lowest BCUT2D eigenvalue weighted by molar-refractivity contribution is -0.0156. The van der Waals surface area contributed by atoms with E-state index in [2.05, 4.69) is 5.32 Å². The molecule has 1 saturated heterocycles. The van der Waals surface area contributed by atoms with Crippen molar-refractivity contribution in [2.24, 2.45) is 0 Å². The smallest absolute Gasteiger partial charge is 0.317 e. The molecule has 0 spiro atoms. The van der Waals surface area contributed by atoms with Gasteiger partial charge in [0.25, 0.3) is 0 Å². The number of fused-ring (bicyclic) bond motifs is 1. The highest BCUT2D eigenvalue weighted by Crippen LogP contribution is 2.33. The first-order valence-corrected chi connectivity index (χ1v) is 9.48. The fraction of sp³-hybridized carbons (Fsp3) is 0.381. The van der Waals surface area contributed by atoms with Gasteiger partial charge >= 0.3 is 6.03 Å². The number of para-hydroxylation sites is 1. The number of carbonyl (C=O) groups is 1. The van der Waals surface area contributed by atoms with Crippen LogP contribution in [0.3, 0.4) is 0 Å². The van der Waals surface area contributed by atoms with E-state index in [1.54, 1.807) is 11.0 Å². The summed E-state index contributed by atoms with van der Waals surface area (Å²) in [5.41, 5.74) is 1.61. The van der Waals surface area contributed by atoms with E-state index in [1.165, 1.54) is 12.1 Å². The molecule has 0 radical (unpaired) electrons. The van der Waals surface area contributed by atoms with Crippen molar-refractivity contribution in [3.63, 3.8) is 0 Å². The minimum absolute atomic E-state index is 0.183. The second kappa shape index (κ2) is 8.48. The number of hydrogen-bond donors (Lipinski definition) is 1. The lowest BCUT2D eigenvalue weighted by atomic mass is 10.1. The maximum atomic E-state index is 13.5. The Morgan fingerprint density at radius 3 is 2.89 bits per heavy atom. The van der Waals surface area contributed by atoms with Crippen molar-refractivity contribution in [3.05, 3.63) is 59.4 Å². The van der Waals surface area contributed by atoms with E-state index < -0.39 is 0 Å². The molecule has 6 nitrogen and oxygen atoms in total. The van der Waals surface area contributed by atoms with E-state index in [0.717, 1.165) is 17.5 Å². The lowest BCUT2D eigenvalue weighted by Gasteiger charge is -2.33. The maximum Gasteiger partial charge on any atom is 0.317 e. The van der Waals surface area contributed by atoms with Crippen molar-refractivity contribution in [1.82, 2.24) is 10.2 Å². The van der Waals surface area contributed by atoms with E-state index in [1.807, 2.05) is 24.3 Å². The van der Waals surface area contributed by atoms with Crippen molar-refractivity contribution >= 4 is 6.03 Å². The first-order chi connectivity index (χ1) is 13.7. The number of carbonyl (C=O) groups excluding carboxylic acids is 1. The van der Waals surface area contributed by atoms with Gasteiger partial charge in [-0.1, -0.05) is 24.3 Å². The molecule has 0 aliphatic carbocycles. The Kier molecular flexibility index (Phi) is 5.62. The quantitative estimate of drug-likeness (QED) is 0.880. The van der Waals surface area contributed by atoms with Gasteiger partial charge in [-0.3, -0.25) is 0 Å². The molecule has 2 heterocycles. The number of morpholine rings is 1. The third-order valence-corrected chi connectivity index (χ3v) is 4.86. The highest BCUT2D eigenvalue weighted by Gasteiger charge is 2.26. The van der Waals surface area contributed by atoms with Gasteiger partial charge in [0.2, 0.25) is 0 Å². The molecular formula is C21H23FN2O4. The Morgan fingerprint density at radius 2 is 2.00 bits per heavy atom. The highest BCUT2D eigenvalue weighted by atomic mass is 19.1. The van der Waals surface area contributed by atoms with E-state index in [9.17, 15) is 9.18 Å². The molecule has 1 unspecified atom stereocenters. The first kappa shape index (κ1) is 18.6. The molecule has 2 amide bonds. The zero-order valence-electron chi connectivity index (χ0n) is 15.5. The van der Waals surface area contributed by atoms with E-state index >= 15 is 0 Å². The van der Waals surface area contributed by atoms with Gasteiger partial charge in [-0.15, -0.1) is 0 Å². The van der Waals surface area contributed by atoms with Crippen LogP contribution in [-0.2, 0) is 11.3 Å². The van der Waals surface area contributed by atoms with Gasteiger partial charge in [0.15, 0.2) is 11.5 Å². The minimum Gasteiger partial charge on any atom is -0.490 e. The Bertz CT molecular complexity index is 845. The van der Waals surface area contributed by atoms with Gasteiger partial charge < -0.3 is 24.4 Å². The molecule has 2 aliphatic rings. The van der Waals surface area contributed by atoms with E-state index in [0.29, 0.717) is 51.0 Å². The number of nitrogens with one attached hydrogen (secondary N) is 1. The lowest BCUT2D eigenvalue weighted by Crippen LogP contribution is -2.47. The molecule has 148 valence electrons. The normalized spacial score (nSPS) is 19.0. The van der Waals surface area contributed by atoms with Gasteiger partial charge in [-0.25, -0.2) is 9.18 Å². The predicted molar refractivity (Wildman–Crippen MR) is 101 cm³/mol. The number of urea groups is 1. The third kappa shape index (κ3) is 4.20. The summed E-state index contributed by atoms with van der Waals surface area (Å²) in [6, 6.07) is 11.8. The molecular weight excluding hydrogens is 363 g/mol. The topological polar surface area (TPSA) is 60.0 Å². The van der Waals surface area contributed by atoms with Gasteiger partial charge in [-0.05, 0) is 23.8 Å². The number of benzene rings is 2. The van der Waals surface area contributed by atoms with Gasteiger partial charge in [0, 0.05) is 25.1 Å². The number of amides is 2. The summed E-state index contributed by atoms with van der Waals surface area (Å²) in [6.45, 7) is 2.83. The zero-order chi connectivity index (χ0) is 19.3. The number of ether oxygens (including phenoxy) is 3. The van der Waals surface area contributed by atoms with Crippen LogP contribution in [0.1, 0.15) is 23.7 Å². The second-order valence-corrected chi connectivity index (χ2v) is 6.81. The largest absolute Gasteiger partial charge is 0.490 e. The zero-order valence-corrected chi connectivity index (χ0v) is 15.5. The Morgan fingerprint density at radius 1 is 1.14 bits per heavy atom. The average molecular weight is 386 g/mol. The predicted octanol–water partition coefficient (Wildman–Crippen LogP) is 3.27. The van der Waals surface area contributed by atoms with Crippen LogP contribution in [0.4, 0.5) is 9.18 Å². The SMILES string of the molecule is O=C(NCc1cccc2c1OCCCO2)N1CCOC(c2cccc(F)c2)C1. The summed E-state index contributed by atoms with van der Waals surface area (Å²) < 4.78 is 30.7. The fourth-order valence-corrected chi connectivity index (χ4v) is 3.42. The van der Waals surface area contributed by atoms with Crippen LogP contribution >= 0.6 is 0 Å². The number of halogens is 1. The molecule has 1 N–H and O–H groups in total. The molecule has 2 aliphatic heterocycles. The Labute approximate surface area is 163 Å². The van der Waals surface area contributed by atoms with Crippen molar-refractivity contribution in [2.75, 3.05) is 32.9 Å². The molecule has 4 rings (SSSR count). The molecule has 2 aromatic carbocycles. The molecule has 0 bridgehead atoms. The van der Waals surface area contributed by atoms with Crippen LogP contribution in [0.15, 0.2) is 42.5 Å². The third-order valence-electron chi connectivity index (χ3n) is 4.86. The summed E-state index contributed by atoms with van der Waals surface area (Å²) in [6.07, 6.45) is 0.496. The molecule has 1 fully saturated rings. The number of nitrogens with zero attached hydrogens (tertiary/aromatic N) is 1. The summed E-state index contributed by atoms with van der Waals surface area (Å²) in [4.78, 5) is 14.4. The minimum atomic E-state index is -0.333. The van der Waals surface area contributed by atoms with Crippen molar-refractivity contribution in [2.45, 2.75) is 19.1 Å². The van der Waals surface area contributed by atoms with Crippen LogP contribution in [-0.4, -0.2) is 43.8 Å². The van der Waals surface area contributed by atoms with Crippen LogP contribution in [0.25, 0.3) is 0 Å². The second-order valence-electron chi connectivity index (χ2n) is 6.81. The number of rotatable bonds is 3. The van der Waals surface area contributed by atoms with Crippen molar-refractivity contribution < 1.29 is 23.4 Å². The maximum absolute atomic E-state index is 13.5. The summed E-state index contributed by atoms with van der Waals surface area (Å²) >= 11 is 0. The average Bonchev–Trinajstić information content (AvgIpc) is 2.98. The molecule has 2 aromatic rings. The molecule has 7 heteroatoms. The molecule has 0 aromatic heterocycles. The first-order valence-electron chi connectivity index (χ1n) is 9.48. The van der Waals surface area contributed by atoms with Crippen molar-refractivity contribution in [3.8, 4) is 11.5 Å². The molecule has 0 saturated carbocycles. The fourth-order valence-electron chi connectivity index (χ4n) is 3.42. The van der Waals surface area contributed by atoms with Crippen LogP contribution < -0.4 is 14.8 Å². The standard InChI is InChI=1S/C21H23FN2O4/c22-17-6-1-4-15(12-17)19-14-24(8-11-27-19)21(25)23-13-16-5-2-7-18-20(16)28-10-3-9-26-18/h1-2,4-7,12,19H,3,8-11,13-14H2,(H,23,25). The molecule has 28 heavy (non-hydrogen) atoms. The summed E-state index contributed by atoms with van der Waals surface area (Å²) in [5, 5.41) is 2.94. The van der Waals surface area contributed by atoms with Crippen LogP contribution in [0.2, 0.25) is 0 Å². The summed E-state index contributed by atoms with van der Waals surface area (Å²) in [5.74, 6) is 1.09. The monoisotopic (exact) mass is 386 g/mol. The number of hydrogen-bond acceptors (Lipinski definition) is 4. The van der Waals surface area contributed by atoms with Crippen LogP contribution in [0, 0.1) is 5.82 Å². The van der Waals surface area contributed by atoms with Crippen LogP contribution in [0.5, 0.6) is 11.5 Å². The van der Waals surface area contributed by atoms with E-state index in [-0.39, 0.29) is 18.0 Å². The van der Waals surface area contributed by atoms with Crippen molar-refractivity contribution in [1.29, 1.82) is 0 Å². The van der Waals surface area contributed by atoms with Gasteiger partial charge in [0.1, 0.15) is 11.9 Å². The van der Waals surface area contributed by atoms with E-state index in [4.69, 9.17) is 14.2 Å². The Balaban J connectivity index is 1.39. The van der Waals surface area contributed by atoms with Gasteiger partial charge in [-0.2, -0.15) is 0 Å². The summed E-state index contributed by atoms with van der Waals surface area (Å²) in [7, 11) is 0.